The second-order valence-corrected chi connectivity index (χ2v) is 2.07. The molecular weight excluding hydrogens is 224 g/mol. The van der Waals surface area contributed by atoms with Crippen LogP contribution in [0.25, 0.3) is 0 Å². The molecule has 0 spiro atoms. The van der Waals surface area contributed by atoms with Gasteiger partial charge >= 0.3 is 23.1 Å². The van der Waals surface area contributed by atoms with Crippen molar-refractivity contribution in [3.8, 4) is 0 Å². The monoisotopic (exact) mass is 228 g/mol. The van der Waals surface area contributed by atoms with E-state index in [1.165, 1.54) is 0 Å². The van der Waals surface area contributed by atoms with E-state index in [1.54, 1.807) is 0 Å². The molecule has 0 nitrogen and oxygen atoms in total. The minimum Gasteiger partial charge on any atom is -1.00 e. The maximum absolute atomic E-state index is 5.60. The molecule has 0 aliphatic rings. The first kappa shape index (κ1) is 13.2. The first-order valence-electron chi connectivity index (χ1n) is 2.36. The zero-order valence-corrected chi connectivity index (χ0v) is 9.24. The number of rotatable bonds is 0. The molecule has 0 amide bonds. The van der Waals surface area contributed by atoms with Gasteiger partial charge in [-0.1, -0.05) is 17.7 Å². The molecule has 0 bridgehead atoms. The summed E-state index contributed by atoms with van der Waals surface area (Å²) in [7, 11) is 0. The van der Waals surface area contributed by atoms with Gasteiger partial charge in [0.05, 0.1) is 0 Å². The molecule has 0 fully saturated rings. The van der Waals surface area contributed by atoms with E-state index in [9.17, 15) is 0 Å². The van der Waals surface area contributed by atoms with Crippen LogP contribution in [0.15, 0.2) is 24.3 Å². The summed E-state index contributed by atoms with van der Waals surface area (Å²) in [5, 5.41) is 0.748. The van der Waals surface area contributed by atoms with Crippen LogP contribution in [0.4, 0.5) is 0 Å². The largest absolute Gasteiger partial charge is 2.00 e. The first-order chi connectivity index (χ1) is 3.79. The molecule has 50 valence electrons. The first-order valence-corrected chi connectivity index (χ1v) is 2.74. The predicted molar refractivity (Wildman–Crippen MR) is 41.7 cm³/mol. The summed E-state index contributed by atoms with van der Waals surface area (Å²) >= 11 is 5.60. The molecule has 1 aromatic carbocycles. The van der Waals surface area contributed by atoms with Crippen LogP contribution < -0.4 is 17.0 Å². The van der Waals surface area contributed by atoms with Gasteiger partial charge in [0.15, 0.2) is 0 Å². The third-order valence-electron chi connectivity index (χ3n) is 0.889. The van der Waals surface area contributed by atoms with Gasteiger partial charge in [-0.25, -0.2) is 0 Å². The zero-order valence-electron chi connectivity index (χ0n) is 5.48. The molecule has 3 heteroatoms. The van der Waals surface area contributed by atoms with E-state index < -0.39 is 0 Å². The van der Waals surface area contributed by atoms with Crippen molar-refractivity contribution in [2.45, 2.75) is 0 Å². The van der Waals surface area contributed by atoms with Crippen molar-refractivity contribution in [3.05, 3.63) is 41.8 Å². The molecule has 1 aromatic rings. The molecule has 0 N–H and O–H groups in total. The van der Waals surface area contributed by atoms with Crippen LogP contribution in [0.2, 0.25) is 5.02 Å². The third kappa shape index (κ3) is 4.44. The number of halogens is 2. The smallest absolute Gasteiger partial charge is 1.00 e. The van der Waals surface area contributed by atoms with Crippen molar-refractivity contribution in [1.29, 1.82) is 0 Å². The summed E-state index contributed by atoms with van der Waals surface area (Å²) < 4.78 is 0. The van der Waals surface area contributed by atoms with Crippen LogP contribution in [-0.2, 0) is 0 Å². The molecule has 0 radical (unpaired) electrons. The van der Waals surface area contributed by atoms with Crippen LogP contribution in [0.5, 0.6) is 0 Å². The molecule has 0 aliphatic heterocycles. The van der Waals surface area contributed by atoms with Crippen molar-refractivity contribution in [2.24, 2.45) is 0 Å². The fourth-order valence-corrected chi connectivity index (χ4v) is 0.750. The summed E-state index contributed by atoms with van der Waals surface area (Å²) in [6.45, 7) is 3.70. The SMILES string of the molecule is [Br-].[CH2-]c1cccc(Cl)c1.[Mg+2]. The molecule has 10 heavy (non-hydrogen) atoms. The average Bonchev–Trinajstić information content (AvgIpc) is 1.64. The quantitative estimate of drug-likeness (QED) is 0.402. The molecule has 0 unspecified atom stereocenters. The fourth-order valence-electron chi connectivity index (χ4n) is 0.537. The van der Waals surface area contributed by atoms with Gasteiger partial charge in [-0.2, -0.15) is 18.6 Å². The summed E-state index contributed by atoms with van der Waals surface area (Å²) in [5.74, 6) is 0. The van der Waals surface area contributed by atoms with E-state index in [1.807, 2.05) is 24.3 Å². The maximum Gasteiger partial charge on any atom is 2.00 e. The van der Waals surface area contributed by atoms with Crippen molar-refractivity contribution in [1.82, 2.24) is 0 Å². The fraction of sp³-hybridized carbons (Fsp3) is 0. The van der Waals surface area contributed by atoms with Gasteiger partial charge in [0.25, 0.3) is 0 Å². The molecule has 0 saturated heterocycles. The summed E-state index contributed by atoms with van der Waals surface area (Å²) in [6.07, 6.45) is 0. The van der Waals surface area contributed by atoms with E-state index in [4.69, 9.17) is 11.6 Å². The van der Waals surface area contributed by atoms with Crippen molar-refractivity contribution in [2.75, 3.05) is 0 Å². The Balaban J connectivity index is 0. The molecule has 0 heterocycles. The minimum atomic E-state index is 0. The van der Waals surface area contributed by atoms with E-state index in [-0.39, 0.29) is 40.0 Å². The zero-order chi connectivity index (χ0) is 5.98. The van der Waals surface area contributed by atoms with Crippen LogP contribution in [0.1, 0.15) is 5.56 Å². The maximum atomic E-state index is 5.60. The Kier molecular flexibility index (Phi) is 8.39. The van der Waals surface area contributed by atoms with Gasteiger partial charge in [0, 0.05) is 0 Å². The second-order valence-electron chi connectivity index (χ2n) is 1.63. The van der Waals surface area contributed by atoms with Crippen LogP contribution >= 0.6 is 11.6 Å². The van der Waals surface area contributed by atoms with Crippen molar-refractivity contribution >= 4 is 34.7 Å². The van der Waals surface area contributed by atoms with E-state index in [0.717, 1.165) is 10.6 Å². The van der Waals surface area contributed by atoms with Crippen LogP contribution in [0.3, 0.4) is 0 Å². The summed E-state index contributed by atoms with van der Waals surface area (Å²) in [6, 6.07) is 7.44. The third-order valence-corrected chi connectivity index (χ3v) is 1.12. The summed E-state index contributed by atoms with van der Waals surface area (Å²) in [5.41, 5.74) is 0.956. The minimum absolute atomic E-state index is 0. The average molecular weight is 230 g/mol. The predicted octanol–water partition coefficient (Wildman–Crippen LogP) is -0.855. The normalized spacial score (nSPS) is 7.30. The Hall–Kier alpha value is 0.626. The Morgan fingerprint density at radius 1 is 1.30 bits per heavy atom. The summed E-state index contributed by atoms with van der Waals surface area (Å²) in [4.78, 5) is 0. The van der Waals surface area contributed by atoms with Crippen LogP contribution in [-0.4, -0.2) is 23.1 Å². The van der Waals surface area contributed by atoms with E-state index >= 15 is 0 Å². The Morgan fingerprint density at radius 3 is 2.20 bits per heavy atom. The molecule has 0 aliphatic carbocycles. The van der Waals surface area contributed by atoms with Crippen LogP contribution in [0, 0.1) is 6.92 Å². The van der Waals surface area contributed by atoms with E-state index in [2.05, 4.69) is 6.92 Å². The second kappa shape index (κ2) is 6.34. The molecular formula is C7H6BrClMg. The Bertz CT molecular complexity index is 173. The van der Waals surface area contributed by atoms with Gasteiger partial charge in [-0.15, -0.1) is 12.1 Å². The van der Waals surface area contributed by atoms with Gasteiger partial charge in [-0.05, 0) is 5.02 Å². The van der Waals surface area contributed by atoms with Crippen molar-refractivity contribution in [3.63, 3.8) is 0 Å². The molecule has 0 saturated carbocycles. The van der Waals surface area contributed by atoms with Gasteiger partial charge in [0.2, 0.25) is 0 Å². The molecule has 1 rings (SSSR count). The van der Waals surface area contributed by atoms with Gasteiger partial charge < -0.3 is 17.0 Å². The topological polar surface area (TPSA) is 0 Å². The van der Waals surface area contributed by atoms with Crippen molar-refractivity contribution < 1.29 is 17.0 Å². The number of benzene rings is 1. The molecule has 0 atom stereocenters. The Morgan fingerprint density at radius 2 is 1.90 bits per heavy atom. The number of hydrogen-bond acceptors (Lipinski definition) is 0. The Labute approximate surface area is 92.9 Å². The molecule has 0 aromatic heterocycles. The standard InChI is InChI=1S/C7H6Cl.BrH.Mg/c1-6-3-2-4-7(8)5-6;;/h2-5H,1H2;1H;/q-1;;+2/p-1. The number of hydrogen-bond donors (Lipinski definition) is 0. The van der Waals surface area contributed by atoms with E-state index in [0.29, 0.717) is 0 Å². The van der Waals surface area contributed by atoms with Gasteiger partial charge in [0.1, 0.15) is 0 Å². The van der Waals surface area contributed by atoms with Gasteiger partial charge in [-0.3, -0.25) is 0 Å².